The molecule has 0 bridgehead atoms. The summed E-state index contributed by atoms with van der Waals surface area (Å²) < 4.78 is 24.6. The normalized spacial score (nSPS) is 19.3. The van der Waals surface area contributed by atoms with Gasteiger partial charge >= 0.3 is 0 Å². The Bertz CT molecular complexity index is 960. The van der Waals surface area contributed by atoms with E-state index in [1.165, 1.54) is 10.4 Å². The first kappa shape index (κ1) is 23.7. The SMILES string of the molecule is COc1ccc([C@H]2OCC[C@@H](CO[Si](c3ccccc3)(c3ccccc3)C(C)(C)C)O2)cc1. The molecule has 5 heteroatoms. The summed E-state index contributed by atoms with van der Waals surface area (Å²) in [6.07, 6.45) is 0.384. The third-order valence-corrected chi connectivity index (χ3v) is 11.3. The van der Waals surface area contributed by atoms with Crippen molar-refractivity contribution in [1.29, 1.82) is 0 Å². The Morgan fingerprint density at radius 2 is 1.42 bits per heavy atom. The molecule has 1 saturated heterocycles. The van der Waals surface area contributed by atoms with Gasteiger partial charge in [-0.05, 0) is 34.0 Å². The van der Waals surface area contributed by atoms with Crippen molar-refractivity contribution in [3.8, 4) is 5.75 Å². The fraction of sp³-hybridized carbons (Fsp3) is 0.357. The summed E-state index contributed by atoms with van der Waals surface area (Å²) in [5.74, 6) is 0.820. The summed E-state index contributed by atoms with van der Waals surface area (Å²) >= 11 is 0. The smallest absolute Gasteiger partial charge is 0.261 e. The minimum absolute atomic E-state index is 0.0347. The average Bonchev–Trinajstić information content (AvgIpc) is 2.85. The van der Waals surface area contributed by atoms with Crippen LogP contribution in [0.25, 0.3) is 0 Å². The van der Waals surface area contributed by atoms with Crippen LogP contribution in [-0.4, -0.2) is 34.7 Å². The molecule has 0 saturated carbocycles. The molecule has 0 unspecified atom stereocenters. The molecular formula is C28H34O4Si. The van der Waals surface area contributed by atoms with E-state index < -0.39 is 14.6 Å². The Balaban J connectivity index is 1.59. The fourth-order valence-corrected chi connectivity index (χ4v) is 9.22. The lowest BCUT2D eigenvalue weighted by atomic mass is 10.2. The van der Waals surface area contributed by atoms with Crippen LogP contribution in [0.5, 0.6) is 5.75 Å². The molecule has 0 amide bonds. The van der Waals surface area contributed by atoms with Crippen molar-refractivity contribution < 1.29 is 18.6 Å². The molecule has 0 radical (unpaired) electrons. The maximum atomic E-state index is 7.06. The number of methoxy groups -OCH3 is 1. The van der Waals surface area contributed by atoms with Crippen molar-refractivity contribution in [2.75, 3.05) is 20.3 Å². The minimum atomic E-state index is -2.58. The fourth-order valence-electron chi connectivity index (χ4n) is 4.63. The molecule has 0 aliphatic carbocycles. The van der Waals surface area contributed by atoms with E-state index in [9.17, 15) is 0 Å². The molecule has 1 aliphatic rings. The molecule has 3 aromatic carbocycles. The predicted molar refractivity (Wildman–Crippen MR) is 135 cm³/mol. The van der Waals surface area contributed by atoms with Crippen LogP contribution in [0.15, 0.2) is 84.9 Å². The molecule has 4 rings (SSSR count). The second kappa shape index (κ2) is 10.2. The highest BCUT2D eigenvalue weighted by Gasteiger charge is 2.50. The first-order valence-corrected chi connectivity index (χ1v) is 13.5. The van der Waals surface area contributed by atoms with E-state index in [0.717, 1.165) is 17.7 Å². The Hall–Kier alpha value is -2.44. The van der Waals surface area contributed by atoms with Crippen LogP contribution in [0.3, 0.4) is 0 Å². The highest BCUT2D eigenvalue weighted by Crippen LogP contribution is 2.37. The maximum absolute atomic E-state index is 7.06. The molecule has 1 heterocycles. The van der Waals surface area contributed by atoms with Crippen molar-refractivity contribution >= 4 is 18.7 Å². The van der Waals surface area contributed by atoms with Gasteiger partial charge in [0.15, 0.2) is 6.29 Å². The van der Waals surface area contributed by atoms with Gasteiger partial charge in [0, 0.05) is 5.56 Å². The third kappa shape index (κ3) is 5.07. The van der Waals surface area contributed by atoms with Crippen molar-refractivity contribution in [2.45, 2.75) is 44.6 Å². The van der Waals surface area contributed by atoms with Gasteiger partial charge in [-0.1, -0.05) is 93.6 Å². The van der Waals surface area contributed by atoms with Gasteiger partial charge in [0.05, 0.1) is 26.4 Å². The van der Waals surface area contributed by atoms with E-state index in [0.29, 0.717) is 13.2 Å². The second-order valence-corrected chi connectivity index (χ2v) is 13.8. The number of ether oxygens (including phenoxy) is 3. The van der Waals surface area contributed by atoms with E-state index in [4.69, 9.17) is 18.6 Å². The summed E-state index contributed by atoms with van der Waals surface area (Å²) in [4.78, 5) is 0. The van der Waals surface area contributed by atoms with E-state index in [-0.39, 0.29) is 11.1 Å². The largest absolute Gasteiger partial charge is 0.497 e. The maximum Gasteiger partial charge on any atom is 0.261 e. The van der Waals surface area contributed by atoms with Gasteiger partial charge in [-0.2, -0.15) is 0 Å². The summed E-state index contributed by atoms with van der Waals surface area (Å²) in [7, 11) is -0.917. The van der Waals surface area contributed by atoms with Crippen LogP contribution >= 0.6 is 0 Å². The number of rotatable bonds is 7. The lowest BCUT2D eigenvalue weighted by Gasteiger charge is -2.44. The van der Waals surface area contributed by atoms with Crippen LogP contribution in [-0.2, 0) is 13.9 Å². The molecule has 2 atom stereocenters. The van der Waals surface area contributed by atoms with Crippen molar-refractivity contribution in [3.05, 3.63) is 90.5 Å². The zero-order chi connectivity index (χ0) is 23.3. The lowest BCUT2D eigenvalue weighted by molar-refractivity contribution is -0.223. The topological polar surface area (TPSA) is 36.9 Å². The standard InChI is InChI=1S/C28H34O4Si/c1-28(2,3)33(25-11-7-5-8-12-25,26-13-9-6-10-14-26)31-21-24-19-20-30-27(32-24)22-15-17-23(29-4)18-16-22/h5-18,24,27H,19-21H2,1-4H3/t24-,27-/m0/s1. The van der Waals surface area contributed by atoms with Crippen molar-refractivity contribution in [3.63, 3.8) is 0 Å². The zero-order valence-electron chi connectivity index (χ0n) is 20.0. The van der Waals surface area contributed by atoms with Crippen LogP contribution < -0.4 is 15.1 Å². The van der Waals surface area contributed by atoms with E-state index in [1.807, 2.05) is 24.3 Å². The minimum Gasteiger partial charge on any atom is -0.497 e. The molecule has 4 nitrogen and oxygen atoms in total. The van der Waals surface area contributed by atoms with Gasteiger partial charge in [-0.3, -0.25) is 0 Å². The Labute approximate surface area is 198 Å². The molecule has 0 spiro atoms. The Kier molecular flexibility index (Phi) is 7.34. The van der Waals surface area contributed by atoms with Crippen molar-refractivity contribution in [2.24, 2.45) is 0 Å². The molecule has 3 aromatic rings. The van der Waals surface area contributed by atoms with Gasteiger partial charge in [0.1, 0.15) is 5.75 Å². The van der Waals surface area contributed by atoms with E-state index >= 15 is 0 Å². The van der Waals surface area contributed by atoms with E-state index in [2.05, 4.69) is 81.4 Å². The van der Waals surface area contributed by atoms with Crippen LogP contribution in [0.1, 0.15) is 39.0 Å². The zero-order valence-corrected chi connectivity index (χ0v) is 21.0. The van der Waals surface area contributed by atoms with Gasteiger partial charge < -0.3 is 18.6 Å². The Morgan fingerprint density at radius 1 is 0.848 bits per heavy atom. The lowest BCUT2D eigenvalue weighted by Crippen LogP contribution is -2.67. The first-order chi connectivity index (χ1) is 15.9. The van der Waals surface area contributed by atoms with Crippen LogP contribution in [0.2, 0.25) is 5.04 Å². The van der Waals surface area contributed by atoms with Crippen molar-refractivity contribution in [1.82, 2.24) is 0 Å². The van der Waals surface area contributed by atoms with Crippen LogP contribution in [0, 0.1) is 0 Å². The molecule has 1 fully saturated rings. The Morgan fingerprint density at radius 3 is 1.94 bits per heavy atom. The first-order valence-electron chi connectivity index (χ1n) is 11.6. The van der Waals surface area contributed by atoms with Gasteiger partial charge in [-0.25, -0.2) is 0 Å². The molecule has 0 aromatic heterocycles. The quantitative estimate of drug-likeness (QED) is 0.459. The third-order valence-electron chi connectivity index (χ3n) is 6.32. The van der Waals surface area contributed by atoms with Crippen LogP contribution in [0.4, 0.5) is 0 Å². The van der Waals surface area contributed by atoms with E-state index in [1.54, 1.807) is 7.11 Å². The number of hydrogen-bond donors (Lipinski definition) is 0. The molecular weight excluding hydrogens is 428 g/mol. The molecule has 174 valence electrons. The summed E-state index contributed by atoms with van der Waals surface area (Å²) in [5.41, 5.74) is 0.992. The highest BCUT2D eigenvalue weighted by molar-refractivity contribution is 6.99. The highest BCUT2D eigenvalue weighted by atomic mass is 28.4. The van der Waals surface area contributed by atoms with Gasteiger partial charge in [0.2, 0.25) is 0 Å². The number of benzene rings is 3. The van der Waals surface area contributed by atoms with Gasteiger partial charge in [0.25, 0.3) is 8.32 Å². The second-order valence-electron chi connectivity index (χ2n) is 9.50. The molecule has 33 heavy (non-hydrogen) atoms. The molecule has 0 N–H and O–H groups in total. The summed E-state index contributed by atoms with van der Waals surface area (Å²) in [6, 6.07) is 29.3. The summed E-state index contributed by atoms with van der Waals surface area (Å²) in [6.45, 7) is 8.06. The van der Waals surface area contributed by atoms with Gasteiger partial charge in [-0.15, -0.1) is 0 Å². The average molecular weight is 463 g/mol. The predicted octanol–water partition coefficient (Wildman–Crippen LogP) is 5.08. The monoisotopic (exact) mass is 462 g/mol. The molecule has 1 aliphatic heterocycles. The number of hydrogen-bond acceptors (Lipinski definition) is 4. The summed E-state index contributed by atoms with van der Waals surface area (Å²) in [5, 5.41) is 2.50.